The number of fused-ring (bicyclic) bond motifs is 1. The zero-order valence-electron chi connectivity index (χ0n) is 25.4. The molecule has 0 radical (unpaired) electrons. The Kier molecular flexibility index (Phi) is 7.96. The van der Waals surface area contributed by atoms with Gasteiger partial charge in [-0.2, -0.15) is 0 Å². The molecule has 2 amide bonds. The van der Waals surface area contributed by atoms with Gasteiger partial charge >= 0.3 is 0 Å². The average molecular weight is 597 g/mol. The van der Waals surface area contributed by atoms with Gasteiger partial charge in [-0.05, 0) is 67.3 Å². The van der Waals surface area contributed by atoms with Crippen LogP contribution in [0.1, 0.15) is 34.3 Å². The first-order chi connectivity index (χ1) is 22.0. The van der Waals surface area contributed by atoms with Crippen molar-refractivity contribution in [3.63, 3.8) is 0 Å². The van der Waals surface area contributed by atoms with Gasteiger partial charge in [0.1, 0.15) is 0 Å². The number of rotatable bonds is 8. The minimum absolute atomic E-state index is 0.165. The Bertz CT molecular complexity index is 1850. The van der Waals surface area contributed by atoms with E-state index in [0.29, 0.717) is 17.4 Å². The van der Waals surface area contributed by atoms with E-state index in [9.17, 15) is 9.59 Å². The number of carbonyl (C=O) groups excluding carboxylic acids is 2. The molecule has 226 valence electrons. The fourth-order valence-corrected chi connectivity index (χ4v) is 5.85. The van der Waals surface area contributed by atoms with Crippen LogP contribution in [0.15, 0.2) is 97.1 Å². The number of piperazine rings is 1. The van der Waals surface area contributed by atoms with E-state index in [2.05, 4.69) is 33.7 Å². The Labute approximate surface area is 263 Å². The highest BCUT2D eigenvalue weighted by Crippen LogP contribution is 2.31. The van der Waals surface area contributed by atoms with Crippen molar-refractivity contribution in [1.29, 1.82) is 0 Å². The molecule has 2 heterocycles. The third-order valence-electron chi connectivity index (χ3n) is 8.62. The molecule has 1 aromatic heterocycles. The van der Waals surface area contributed by atoms with Crippen molar-refractivity contribution in [3.05, 3.63) is 114 Å². The second-order valence-electron chi connectivity index (χ2n) is 12.0. The third kappa shape index (κ3) is 6.56. The van der Waals surface area contributed by atoms with Crippen LogP contribution in [0.2, 0.25) is 0 Å². The lowest BCUT2D eigenvalue weighted by molar-refractivity contribution is -0.134. The summed E-state index contributed by atoms with van der Waals surface area (Å²) in [5.74, 6) is 0.938. The lowest BCUT2D eigenvalue weighted by atomic mass is 10.1. The van der Waals surface area contributed by atoms with E-state index in [0.717, 1.165) is 90.2 Å². The highest BCUT2D eigenvalue weighted by atomic mass is 16.2. The van der Waals surface area contributed by atoms with Crippen LogP contribution in [0.25, 0.3) is 22.2 Å². The van der Waals surface area contributed by atoms with Crippen LogP contribution < -0.4 is 10.6 Å². The molecule has 8 heteroatoms. The first-order valence-electron chi connectivity index (χ1n) is 15.6. The number of aromatic nitrogens is 2. The molecule has 2 fully saturated rings. The van der Waals surface area contributed by atoms with Gasteiger partial charge in [-0.1, -0.05) is 60.7 Å². The molecule has 1 saturated heterocycles. The van der Waals surface area contributed by atoms with E-state index in [1.54, 1.807) is 12.1 Å². The molecule has 7 rings (SSSR count). The van der Waals surface area contributed by atoms with Crippen molar-refractivity contribution in [1.82, 2.24) is 19.8 Å². The molecule has 2 aliphatic rings. The lowest BCUT2D eigenvalue weighted by Crippen LogP contribution is -2.48. The van der Waals surface area contributed by atoms with Gasteiger partial charge in [0.15, 0.2) is 0 Å². The largest absolute Gasteiger partial charge is 0.340 e. The van der Waals surface area contributed by atoms with Gasteiger partial charge in [-0.3, -0.25) is 14.5 Å². The van der Waals surface area contributed by atoms with E-state index in [4.69, 9.17) is 9.97 Å². The highest BCUT2D eigenvalue weighted by Gasteiger charge is 2.34. The Morgan fingerprint density at radius 3 is 2.31 bits per heavy atom. The summed E-state index contributed by atoms with van der Waals surface area (Å²) < 4.78 is 0. The highest BCUT2D eigenvalue weighted by molar-refractivity contribution is 6.05. The monoisotopic (exact) mass is 596 g/mol. The number of carbonyl (C=O) groups is 2. The number of nitrogens with one attached hydrogen (secondary N) is 2. The topological polar surface area (TPSA) is 90.5 Å². The van der Waals surface area contributed by atoms with E-state index < -0.39 is 0 Å². The van der Waals surface area contributed by atoms with Crippen LogP contribution in [0.3, 0.4) is 0 Å². The van der Waals surface area contributed by atoms with Crippen LogP contribution in [-0.4, -0.2) is 57.8 Å². The summed E-state index contributed by atoms with van der Waals surface area (Å²) >= 11 is 0. The molecular formula is C37H36N6O2. The number of hydrogen-bond acceptors (Lipinski definition) is 6. The van der Waals surface area contributed by atoms with Gasteiger partial charge in [0.2, 0.25) is 11.9 Å². The summed E-state index contributed by atoms with van der Waals surface area (Å²) in [7, 11) is 0. The lowest BCUT2D eigenvalue weighted by Gasteiger charge is -2.35. The Balaban J connectivity index is 1.00. The van der Waals surface area contributed by atoms with Gasteiger partial charge in [-0.15, -0.1) is 0 Å². The average Bonchev–Trinajstić information content (AvgIpc) is 3.93. The molecule has 4 aromatic carbocycles. The molecule has 1 aliphatic carbocycles. The van der Waals surface area contributed by atoms with Crippen molar-refractivity contribution in [2.24, 2.45) is 5.92 Å². The number of aryl methyl sites for hydroxylation is 1. The van der Waals surface area contributed by atoms with Crippen LogP contribution >= 0.6 is 0 Å². The van der Waals surface area contributed by atoms with Gasteiger partial charge in [0.25, 0.3) is 5.91 Å². The molecule has 0 unspecified atom stereocenters. The predicted molar refractivity (Wildman–Crippen MR) is 178 cm³/mol. The Hall–Kier alpha value is -5.08. The predicted octanol–water partition coefficient (Wildman–Crippen LogP) is 6.66. The number of amides is 2. The summed E-state index contributed by atoms with van der Waals surface area (Å²) in [6.45, 7) is 6.10. The van der Waals surface area contributed by atoms with Crippen LogP contribution in [0.5, 0.6) is 0 Å². The fourth-order valence-electron chi connectivity index (χ4n) is 5.85. The van der Waals surface area contributed by atoms with E-state index >= 15 is 0 Å². The normalized spacial score (nSPS) is 15.2. The minimum atomic E-state index is -0.165. The number of hydrogen-bond donors (Lipinski definition) is 2. The summed E-state index contributed by atoms with van der Waals surface area (Å²) in [5, 5.41) is 7.41. The molecule has 0 bridgehead atoms. The van der Waals surface area contributed by atoms with Crippen molar-refractivity contribution >= 4 is 40.0 Å². The maximum Gasteiger partial charge on any atom is 0.255 e. The first kappa shape index (κ1) is 28.7. The number of benzene rings is 4. The zero-order chi connectivity index (χ0) is 30.8. The smallest absolute Gasteiger partial charge is 0.255 e. The molecule has 45 heavy (non-hydrogen) atoms. The molecule has 5 aromatic rings. The number of anilines is 3. The van der Waals surface area contributed by atoms with Crippen molar-refractivity contribution in [3.8, 4) is 11.3 Å². The first-order valence-corrected chi connectivity index (χ1v) is 15.6. The summed E-state index contributed by atoms with van der Waals surface area (Å²) in [6.07, 6.45) is 2.10. The number of para-hydroxylation sites is 1. The van der Waals surface area contributed by atoms with Gasteiger partial charge in [-0.25, -0.2) is 9.97 Å². The summed E-state index contributed by atoms with van der Waals surface area (Å²) in [6, 6.07) is 31.6. The van der Waals surface area contributed by atoms with Gasteiger partial charge in [0, 0.05) is 66.5 Å². The summed E-state index contributed by atoms with van der Waals surface area (Å²) in [5.41, 5.74) is 7.05. The molecule has 1 saturated carbocycles. The molecule has 0 spiro atoms. The maximum atomic E-state index is 13.2. The maximum absolute atomic E-state index is 13.2. The van der Waals surface area contributed by atoms with Crippen molar-refractivity contribution < 1.29 is 9.59 Å². The quantitative estimate of drug-likeness (QED) is 0.208. The Morgan fingerprint density at radius 1 is 0.822 bits per heavy atom. The van der Waals surface area contributed by atoms with Crippen LogP contribution in [0, 0.1) is 12.8 Å². The fraction of sp³-hybridized carbons (Fsp3) is 0.243. The van der Waals surface area contributed by atoms with Crippen LogP contribution in [-0.2, 0) is 11.3 Å². The second kappa shape index (κ2) is 12.5. The number of nitrogens with zero attached hydrogens (tertiary/aromatic N) is 4. The second-order valence-corrected chi connectivity index (χ2v) is 12.0. The molecule has 2 N–H and O–H groups in total. The SMILES string of the molecule is Cc1ccc(CN2CCN(C(=O)C3CC3)CC2)cc1NC(=O)c1ccc(Nc2nc(-c3ccccc3)c3ccccc3n2)cc1. The molecular weight excluding hydrogens is 560 g/mol. The zero-order valence-corrected chi connectivity index (χ0v) is 25.4. The third-order valence-corrected chi connectivity index (χ3v) is 8.62. The minimum Gasteiger partial charge on any atom is -0.340 e. The van der Waals surface area contributed by atoms with Gasteiger partial charge in [0.05, 0.1) is 11.2 Å². The van der Waals surface area contributed by atoms with E-state index in [1.165, 1.54) is 0 Å². The van der Waals surface area contributed by atoms with Gasteiger partial charge < -0.3 is 15.5 Å². The molecule has 1 aliphatic heterocycles. The molecule has 0 atom stereocenters. The van der Waals surface area contributed by atoms with Crippen molar-refractivity contribution in [2.45, 2.75) is 26.3 Å². The van der Waals surface area contributed by atoms with E-state index in [1.807, 2.05) is 78.6 Å². The molecule has 8 nitrogen and oxygen atoms in total. The summed E-state index contributed by atoms with van der Waals surface area (Å²) in [4.78, 5) is 39.6. The Morgan fingerprint density at radius 2 is 1.56 bits per heavy atom. The van der Waals surface area contributed by atoms with E-state index in [-0.39, 0.29) is 11.8 Å². The van der Waals surface area contributed by atoms with Crippen molar-refractivity contribution in [2.75, 3.05) is 36.8 Å². The van der Waals surface area contributed by atoms with Crippen LogP contribution in [0.4, 0.5) is 17.3 Å². The standard InChI is InChI=1S/C37H36N6O2/c1-25-11-12-26(24-42-19-21-43(22-20-42)36(45)29-13-14-29)23-33(25)39-35(44)28-15-17-30(18-16-28)38-37-40-32-10-6-5-9-31(32)34(41-37)27-7-3-2-4-8-27/h2-12,15-18,23,29H,13-14,19-22,24H2,1H3,(H,39,44)(H,38,40,41).